The molecule has 3 heteroatoms. The first kappa shape index (κ1) is 13.9. The SMILES string of the molecule is CCN(CC)c1ccc(NCCc2ccsc2)cc1. The van der Waals surface area contributed by atoms with Gasteiger partial charge in [0.05, 0.1) is 0 Å². The molecule has 0 bridgehead atoms. The summed E-state index contributed by atoms with van der Waals surface area (Å²) in [5.74, 6) is 0. The molecular formula is C16H22N2S. The molecule has 102 valence electrons. The number of nitrogens with one attached hydrogen (secondary N) is 1. The van der Waals surface area contributed by atoms with E-state index in [1.807, 2.05) is 0 Å². The monoisotopic (exact) mass is 274 g/mol. The summed E-state index contributed by atoms with van der Waals surface area (Å²) in [7, 11) is 0. The normalized spacial score (nSPS) is 10.4. The molecule has 19 heavy (non-hydrogen) atoms. The molecular weight excluding hydrogens is 252 g/mol. The standard InChI is InChI=1S/C16H22N2S/c1-3-18(4-2)16-7-5-15(6-8-16)17-11-9-14-10-12-19-13-14/h5-8,10,12-13,17H,3-4,9,11H2,1-2H3. The Hall–Kier alpha value is -1.48. The fourth-order valence-corrected chi connectivity index (χ4v) is 2.87. The second-order valence-corrected chi connectivity index (χ2v) is 5.31. The highest BCUT2D eigenvalue weighted by molar-refractivity contribution is 7.07. The lowest BCUT2D eigenvalue weighted by atomic mass is 10.2. The summed E-state index contributed by atoms with van der Waals surface area (Å²) in [4.78, 5) is 2.36. The van der Waals surface area contributed by atoms with Crippen molar-refractivity contribution in [2.24, 2.45) is 0 Å². The third-order valence-electron chi connectivity index (χ3n) is 3.32. The van der Waals surface area contributed by atoms with Crippen LogP contribution in [0.3, 0.4) is 0 Å². The summed E-state index contributed by atoms with van der Waals surface area (Å²) >= 11 is 1.76. The van der Waals surface area contributed by atoms with Gasteiger partial charge in [-0.1, -0.05) is 0 Å². The van der Waals surface area contributed by atoms with E-state index >= 15 is 0 Å². The highest BCUT2D eigenvalue weighted by atomic mass is 32.1. The van der Waals surface area contributed by atoms with E-state index in [-0.39, 0.29) is 0 Å². The van der Waals surface area contributed by atoms with Gasteiger partial charge in [-0.2, -0.15) is 11.3 Å². The molecule has 0 spiro atoms. The number of thiophene rings is 1. The van der Waals surface area contributed by atoms with Crippen molar-refractivity contribution in [3.63, 3.8) is 0 Å². The van der Waals surface area contributed by atoms with Gasteiger partial charge >= 0.3 is 0 Å². The molecule has 2 rings (SSSR count). The Bertz CT molecular complexity index is 458. The molecule has 0 aliphatic heterocycles. The maximum atomic E-state index is 3.47. The molecule has 0 saturated heterocycles. The average Bonchev–Trinajstić information content (AvgIpc) is 2.95. The van der Waals surface area contributed by atoms with Crippen molar-refractivity contribution in [2.75, 3.05) is 29.9 Å². The van der Waals surface area contributed by atoms with Gasteiger partial charge < -0.3 is 10.2 Å². The first-order chi connectivity index (χ1) is 9.33. The van der Waals surface area contributed by atoms with Gasteiger partial charge in [-0.25, -0.2) is 0 Å². The molecule has 0 unspecified atom stereocenters. The molecule has 1 N–H and O–H groups in total. The number of nitrogens with zero attached hydrogens (tertiary/aromatic N) is 1. The largest absolute Gasteiger partial charge is 0.385 e. The predicted octanol–water partition coefficient (Wildman–Crippen LogP) is 4.25. The zero-order chi connectivity index (χ0) is 13.5. The van der Waals surface area contributed by atoms with E-state index in [1.165, 1.54) is 16.9 Å². The maximum absolute atomic E-state index is 3.47. The van der Waals surface area contributed by atoms with Gasteiger partial charge in [0, 0.05) is 31.0 Å². The van der Waals surface area contributed by atoms with Crippen molar-refractivity contribution in [1.82, 2.24) is 0 Å². The van der Waals surface area contributed by atoms with E-state index in [1.54, 1.807) is 11.3 Å². The Morgan fingerprint density at radius 3 is 2.37 bits per heavy atom. The van der Waals surface area contributed by atoms with Crippen LogP contribution in [0.2, 0.25) is 0 Å². The molecule has 1 aromatic carbocycles. The third kappa shape index (κ3) is 4.00. The number of benzene rings is 1. The van der Waals surface area contributed by atoms with Crippen LogP contribution >= 0.6 is 11.3 Å². The molecule has 0 saturated carbocycles. The van der Waals surface area contributed by atoms with Crippen LogP contribution in [0, 0.1) is 0 Å². The Labute approximate surface area is 120 Å². The number of rotatable bonds is 7. The van der Waals surface area contributed by atoms with Gasteiger partial charge in [-0.05, 0) is 66.9 Å². The summed E-state index contributed by atoms with van der Waals surface area (Å²) in [5, 5.41) is 7.82. The fourth-order valence-electron chi connectivity index (χ4n) is 2.16. The lowest BCUT2D eigenvalue weighted by Gasteiger charge is -2.21. The zero-order valence-electron chi connectivity index (χ0n) is 11.7. The van der Waals surface area contributed by atoms with Gasteiger partial charge in [-0.15, -0.1) is 0 Å². The Morgan fingerprint density at radius 2 is 1.79 bits per heavy atom. The highest BCUT2D eigenvalue weighted by Gasteiger charge is 2.01. The van der Waals surface area contributed by atoms with Crippen LogP contribution in [-0.4, -0.2) is 19.6 Å². The molecule has 2 aromatic rings. The minimum Gasteiger partial charge on any atom is -0.385 e. The van der Waals surface area contributed by atoms with Crippen LogP contribution < -0.4 is 10.2 Å². The van der Waals surface area contributed by atoms with E-state index in [9.17, 15) is 0 Å². The molecule has 1 heterocycles. The first-order valence-corrected chi connectivity index (χ1v) is 7.87. The van der Waals surface area contributed by atoms with Crippen LogP contribution in [0.5, 0.6) is 0 Å². The van der Waals surface area contributed by atoms with Crippen LogP contribution in [0.15, 0.2) is 41.1 Å². The molecule has 2 nitrogen and oxygen atoms in total. The lowest BCUT2D eigenvalue weighted by Crippen LogP contribution is -2.21. The van der Waals surface area contributed by atoms with Crippen molar-refractivity contribution in [1.29, 1.82) is 0 Å². The van der Waals surface area contributed by atoms with E-state index in [0.717, 1.165) is 26.1 Å². The lowest BCUT2D eigenvalue weighted by molar-refractivity contribution is 0.866. The molecule has 1 aromatic heterocycles. The van der Waals surface area contributed by atoms with Crippen LogP contribution in [0.25, 0.3) is 0 Å². The summed E-state index contributed by atoms with van der Waals surface area (Å²) in [6, 6.07) is 10.9. The van der Waals surface area contributed by atoms with E-state index in [2.05, 4.69) is 65.2 Å². The average molecular weight is 274 g/mol. The summed E-state index contributed by atoms with van der Waals surface area (Å²) in [6.07, 6.45) is 1.08. The number of hydrogen-bond acceptors (Lipinski definition) is 3. The molecule has 0 aliphatic rings. The van der Waals surface area contributed by atoms with Crippen molar-refractivity contribution in [2.45, 2.75) is 20.3 Å². The van der Waals surface area contributed by atoms with E-state index in [0.29, 0.717) is 0 Å². The molecule has 0 fully saturated rings. The van der Waals surface area contributed by atoms with Gasteiger partial charge in [0.25, 0.3) is 0 Å². The number of hydrogen-bond donors (Lipinski definition) is 1. The quantitative estimate of drug-likeness (QED) is 0.812. The Balaban J connectivity index is 1.84. The first-order valence-electron chi connectivity index (χ1n) is 6.93. The van der Waals surface area contributed by atoms with Gasteiger partial charge in [0.1, 0.15) is 0 Å². The molecule has 0 aliphatic carbocycles. The molecule has 0 amide bonds. The predicted molar refractivity (Wildman–Crippen MR) is 86.5 cm³/mol. The van der Waals surface area contributed by atoms with Crippen molar-refractivity contribution < 1.29 is 0 Å². The Morgan fingerprint density at radius 1 is 1.05 bits per heavy atom. The minimum absolute atomic E-state index is 0.987. The Kier molecular flexibility index (Phi) is 5.28. The second-order valence-electron chi connectivity index (χ2n) is 4.53. The van der Waals surface area contributed by atoms with Crippen LogP contribution in [0.1, 0.15) is 19.4 Å². The smallest absolute Gasteiger partial charge is 0.0367 e. The summed E-state index contributed by atoms with van der Waals surface area (Å²) in [5.41, 5.74) is 3.91. The second kappa shape index (κ2) is 7.19. The number of anilines is 2. The van der Waals surface area contributed by atoms with E-state index < -0.39 is 0 Å². The topological polar surface area (TPSA) is 15.3 Å². The molecule has 0 atom stereocenters. The summed E-state index contributed by atoms with van der Waals surface area (Å²) < 4.78 is 0. The van der Waals surface area contributed by atoms with Gasteiger partial charge in [0.15, 0.2) is 0 Å². The maximum Gasteiger partial charge on any atom is 0.0367 e. The van der Waals surface area contributed by atoms with E-state index in [4.69, 9.17) is 0 Å². The van der Waals surface area contributed by atoms with Gasteiger partial charge in [-0.3, -0.25) is 0 Å². The van der Waals surface area contributed by atoms with Gasteiger partial charge in [0.2, 0.25) is 0 Å². The zero-order valence-corrected chi connectivity index (χ0v) is 12.5. The third-order valence-corrected chi connectivity index (χ3v) is 4.05. The highest BCUT2D eigenvalue weighted by Crippen LogP contribution is 2.17. The minimum atomic E-state index is 0.987. The molecule has 0 radical (unpaired) electrons. The summed E-state index contributed by atoms with van der Waals surface area (Å²) in [6.45, 7) is 7.48. The van der Waals surface area contributed by atoms with Crippen molar-refractivity contribution in [3.8, 4) is 0 Å². The van der Waals surface area contributed by atoms with Crippen LogP contribution in [0.4, 0.5) is 11.4 Å². The van der Waals surface area contributed by atoms with Crippen molar-refractivity contribution >= 4 is 22.7 Å². The van der Waals surface area contributed by atoms with Crippen LogP contribution in [-0.2, 0) is 6.42 Å². The van der Waals surface area contributed by atoms with Crippen molar-refractivity contribution in [3.05, 3.63) is 46.7 Å². The fraction of sp³-hybridized carbons (Fsp3) is 0.375.